The highest BCUT2D eigenvalue weighted by Crippen LogP contribution is 2.10. The molecule has 0 bridgehead atoms. The summed E-state index contributed by atoms with van der Waals surface area (Å²) in [7, 11) is 1.91. The predicted octanol–water partition coefficient (Wildman–Crippen LogP) is 1.25. The van der Waals surface area contributed by atoms with Crippen LogP contribution in [0.5, 0.6) is 0 Å². The predicted molar refractivity (Wildman–Crippen MR) is 53.0 cm³/mol. The molecular weight excluding hydrogens is 150 g/mol. The van der Waals surface area contributed by atoms with Crippen LogP contribution >= 0.6 is 0 Å². The molecule has 12 heavy (non-hydrogen) atoms. The summed E-state index contributed by atoms with van der Waals surface area (Å²) >= 11 is 0. The number of hydrogen-bond donors (Lipinski definition) is 3. The van der Waals surface area contributed by atoms with Gasteiger partial charge in [-0.15, -0.1) is 0 Å². The third-order valence-electron chi connectivity index (χ3n) is 1.73. The number of nitrogens with one attached hydrogen (secondary N) is 2. The van der Waals surface area contributed by atoms with Gasteiger partial charge in [-0.25, -0.2) is 0 Å². The highest BCUT2D eigenvalue weighted by Gasteiger charge is 1.96. The molecule has 0 aliphatic heterocycles. The number of hydrogen-bond acceptors (Lipinski definition) is 3. The largest absolute Gasteiger partial charge is 0.399 e. The summed E-state index contributed by atoms with van der Waals surface area (Å²) in [4.78, 5) is 0. The molecule has 0 spiro atoms. The Labute approximate surface area is 73.0 Å². The molecule has 0 aliphatic carbocycles. The van der Waals surface area contributed by atoms with Crippen LogP contribution in [0.4, 0.5) is 11.4 Å². The van der Waals surface area contributed by atoms with Crippen molar-refractivity contribution in [3.63, 3.8) is 0 Å². The molecule has 66 valence electrons. The van der Waals surface area contributed by atoms with Crippen molar-refractivity contribution < 1.29 is 0 Å². The zero-order valence-electron chi connectivity index (χ0n) is 7.46. The second-order valence-corrected chi connectivity index (χ2v) is 2.78. The lowest BCUT2D eigenvalue weighted by Crippen LogP contribution is -2.29. The Bertz CT molecular complexity index is 230. The maximum Gasteiger partial charge on any atom is 0.0736 e. The van der Waals surface area contributed by atoms with Gasteiger partial charge in [-0.3, -0.25) is 0 Å². The van der Waals surface area contributed by atoms with Crippen molar-refractivity contribution in [3.8, 4) is 0 Å². The molecule has 0 saturated heterocycles. The van der Waals surface area contributed by atoms with E-state index in [1.165, 1.54) is 0 Å². The minimum Gasteiger partial charge on any atom is -0.399 e. The summed E-state index contributed by atoms with van der Waals surface area (Å²) in [6.07, 6.45) is 0.272. The summed E-state index contributed by atoms with van der Waals surface area (Å²) < 4.78 is 0. The summed E-state index contributed by atoms with van der Waals surface area (Å²) in [6, 6.07) is 7.68. The average molecular weight is 165 g/mol. The lowest BCUT2D eigenvalue weighted by molar-refractivity contribution is 0.682. The molecule has 0 aromatic heterocycles. The van der Waals surface area contributed by atoms with E-state index in [-0.39, 0.29) is 6.17 Å². The van der Waals surface area contributed by atoms with E-state index in [0.717, 1.165) is 11.4 Å². The molecule has 0 aliphatic rings. The van der Waals surface area contributed by atoms with Crippen molar-refractivity contribution in [2.75, 3.05) is 18.1 Å². The van der Waals surface area contributed by atoms with Crippen LogP contribution in [0, 0.1) is 0 Å². The maximum atomic E-state index is 5.55. The summed E-state index contributed by atoms with van der Waals surface area (Å²) in [5, 5.41) is 6.34. The number of benzene rings is 1. The molecule has 0 heterocycles. The molecule has 1 atom stereocenters. The van der Waals surface area contributed by atoms with Gasteiger partial charge in [0.1, 0.15) is 0 Å². The van der Waals surface area contributed by atoms with E-state index in [2.05, 4.69) is 17.6 Å². The first-order valence-corrected chi connectivity index (χ1v) is 4.01. The first-order chi connectivity index (χ1) is 5.72. The Balaban J connectivity index is 2.58. The van der Waals surface area contributed by atoms with Crippen LogP contribution in [-0.4, -0.2) is 13.2 Å². The fourth-order valence-electron chi connectivity index (χ4n) is 0.902. The maximum absolute atomic E-state index is 5.55. The molecule has 1 unspecified atom stereocenters. The van der Waals surface area contributed by atoms with Crippen molar-refractivity contribution in [2.45, 2.75) is 13.1 Å². The Morgan fingerprint density at radius 1 is 1.25 bits per heavy atom. The van der Waals surface area contributed by atoms with E-state index in [1.807, 2.05) is 31.3 Å². The quantitative estimate of drug-likeness (QED) is 0.466. The summed E-state index contributed by atoms with van der Waals surface area (Å²) in [5.74, 6) is 0. The molecule has 1 aromatic carbocycles. The van der Waals surface area contributed by atoms with Gasteiger partial charge in [0.15, 0.2) is 0 Å². The topological polar surface area (TPSA) is 50.1 Å². The van der Waals surface area contributed by atoms with E-state index >= 15 is 0 Å². The van der Waals surface area contributed by atoms with Gasteiger partial charge in [-0.2, -0.15) is 0 Å². The molecule has 4 N–H and O–H groups in total. The van der Waals surface area contributed by atoms with Gasteiger partial charge in [0.05, 0.1) is 6.17 Å². The van der Waals surface area contributed by atoms with Crippen LogP contribution in [0.1, 0.15) is 6.92 Å². The number of nitrogens with two attached hydrogens (primary N) is 1. The van der Waals surface area contributed by atoms with E-state index in [0.29, 0.717) is 0 Å². The molecule has 0 saturated carbocycles. The van der Waals surface area contributed by atoms with E-state index < -0.39 is 0 Å². The first kappa shape index (κ1) is 8.87. The third-order valence-corrected chi connectivity index (χ3v) is 1.73. The molecule has 0 fully saturated rings. The monoisotopic (exact) mass is 165 g/mol. The summed E-state index contributed by atoms with van der Waals surface area (Å²) in [6.45, 7) is 2.05. The number of nitrogen functional groups attached to an aromatic ring is 1. The smallest absolute Gasteiger partial charge is 0.0736 e. The normalized spacial score (nSPS) is 12.5. The van der Waals surface area contributed by atoms with Crippen LogP contribution in [-0.2, 0) is 0 Å². The molecule has 0 radical (unpaired) electrons. The Kier molecular flexibility index (Phi) is 2.94. The van der Waals surface area contributed by atoms with E-state index in [9.17, 15) is 0 Å². The minimum atomic E-state index is 0.272. The minimum absolute atomic E-state index is 0.272. The van der Waals surface area contributed by atoms with Crippen molar-refractivity contribution in [1.29, 1.82) is 0 Å². The van der Waals surface area contributed by atoms with Crippen LogP contribution < -0.4 is 16.4 Å². The van der Waals surface area contributed by atoms with Crippen molar-refractivity contribution in [2.24, 2.45) is 0 Å². The van der Waals surface area contributed by atoms with Crippen LogP contribution in [0.15, 0.2) is 24.3 Å². The second-order valence-electron chi connectivity index (χ2n) is 2.78. The lowest BCUT2D eigenvalue weighted by Gasteiger charge is -2.13. The van der Waals surface area contributed by atoms with Crippen LogP contribution in [0.2, 0.25) is 0 Å². The first-order valence-electron chi connectivity index (χ1n) is 4.01. The van der Waals surface area contributed by atoms with Gasteiger partial charge >= 0.3 is 0 Å². The summed E-state index contributed by atoms with van der Waals surface area (Å²) in [5.41, 5.74) is 7.41. The highest BCUT2D eigenvalue weighted by atomic mass is 15.1. The Hall–Kier alpha value is -1.22. The highest BCUT2D eigenvalue weighted by molar-refractivity contribution is 5.51. The van der Waals surface area contributed by atoms with Crippen molar-refractivity contribution >= 4 is 11.4 Å². The van der Waals surface area contributed by atoms with Crippen LogP contribution in [0.25, 0.3) is 0 Å². The third kappa shape index (κ3) is 2.43. The molecule has 3 nitrogen and oxygen atoms in total. The van der Waals surface area contributed by atoms with E-state index in [1.54, 1.807) is 0 Å². The van der Waals surface area contributed by atoms with Gasteiger partial charge < -0.3 is 16.4 Å². The Morgan fingerprint density at radius 2 is 1.83 bits per heavy atom. The van der Waals surface area contributed by atoms with E-state index in [4.69, 9.17) is 5.73 Å². The molecular formula is C9H15N3. The standard InChI is InChI=1S/C9H15N3/c1-7(11-2)12-9-5-3-8(10)4-6-9/h3-7,11-12H,10H2,1-2H3. The lowest BCUT2D eigenvalue weighted by atomic mass is 10.3. The van der Waals surface area contributed by atoms with Crippen molar-refractivity contribution in [3.05, 3.63) is 24.3 Å². The fourth-order valence-corrected chi connectivity index (χ4v) is 0.902. The molecule has 0 amide bonds. The molecule has 1 rings (SSSR count). The SMILES string of the molecule is CNC(C)Nc1ccc(N)cc1. The van der Waals surface area contributed by atoms with Crippen LogP contribution in [0.3, 0.4) is 0 Å². The molecule has 1 aromatic rings. The fraction of sp³-hybridized carbons (Fsp3) is 0.333. The number of rotatable bonds is 3. The zero-order chi connectivity index (χ0) is 8.97. The van der Waals surface area contributed by atoms with Gasteiger partial charge in [0, 0.05) is 11.4 Å². The Morgan fingerprint density at radius 3 is 2.33 bits per heavy atom. The van der Waals surface area contributed by atoms with Gasteiger partial charge in [0.2, 0.25) is 0 Å². The number of anilines is 2. The van der Waals surface area contributed by atoms with Gasteiger partial charge in [-0.1, -0.05) is 0 Å². The molecule has 3 heteroatoms. The average Bonchev–Trinajstić information content (AvgIpc) is 2.09. The zero-order valence-corrected chi connectivity index (χ0v) is 7.46. The second kappa shape index (κ2) is 3.97. The van der Waals surface area contributed by atoms with Crippen molar-refractivity contribution in [1.82, 2.24) is 5.32 Å². The van der Waals surface area contributed by atoms with Gasteiger partial charge in [0.25, 0.3) is 0 Å². The van der Waals surface area contributed by atoms with Gasteiger partial charge in [-0.05, 0) is 38.2 Å².